The molecule has 6 heteroatoms. The Kier molecular flexibility index (Phi) is 23.6. The van der Waals surface area contributed by atoms with Gasteiger partial charge in [0, 0.05) is 5.75 Å². The van der Waals surface area contributed by atoms with Gasteiger partial charge in [-0.25, -0.2) is 8.42 Å². The molecule has 0 N–H and O–H groups in total. The van der Waals surface area contributed by atoms with E-state index < -0.39 is 9.15 Å². The minimum atomic E-state index is -4.08. The molecule has 0 radical (unpaired) electrons. The number of unbranched alkanes of at least 4 members (excludes halogenated alkanes) is 15. The van der Waals surface area contributed by atoms with Crippen molar-refractivity contribution in [2.75, 3.05) is 5.75 Å². The molecule has 0 aliphatic rings. The monoisotopic (exact) mass is 388 g/mol. The zero-order valence-corrected chi connectivity index (χ0v) is 19.7. The normalized spacial score (nSPS) is 11.4. The number of rotatable bonds is 18. The van der Waals surface area contributed by atoms with E-state index in [1.165, 1.54) is 83.5 Å². The predicted molar refractivity (Wildman–Crippen MR) is 102 cm³/mol. The van der Waals surface area contributed by atoms with E-state index in [-0.39, 0.29) is 29.6 Å². The second-order valence-electron chi connectivity index (χ2n) is 6.53. The fourth-order valence-corrected chi connectivity index (χ4v) is 4.30. The van der Waals surface area contributed by atoms with Crippen LogP contribution in [-0.4, -0.2) is 18.7 Å². The van der Waals surface area contributed by atoms with Crippen molar-refractivity contribution in [3.05, 3.63) is 0 Å². The zero-order valence-electron chi connectivity index (χ0n) is 16.1. The molecule has 0 unspecified atom stereocenters. The van der Waals surface area contributed by atoms with Gasteiger partial charge in [-0.05, 0) is 17.2 Å². The van der Waals surface area contributed by atoms with Crippen LogP contribution in [0.5, 0.6) is 0 Å². The Morgan fingerprint density at radius 3 is 1.21 bits per heavy atom. The molecule has 0 heterocycles. The Balaban J connectivity index is 0. The molecule has 0 spiro atoms. The Labute approximate surface area is 177 Å². The first-order valence-electron chi connectivity index (χ1n) is 9.66. The second-order valence-corrected chi connectivity index (χ2v) is 9.93. The molecule has 3 nitrogen and oxygen atoms in total. The molecule has 0 aromatic rings. The van der Waals surface area contributed by atoms with Gasteiger partial charge in [0.15, 0.2) is 0 Å². The molecular weight excluding hydrogens is 351 g/mol. The van der Waals surface area contributed by atoms with Gasteiger partial charge in [-0.3, -0.25) is 0 Å². The van der Waals surface area contributed by atoms with Crippen LogP contribution in [-0.2, 0) is 9.15 Å². The van der Waals surface area contributed by atoms with Crippen LogP contribution >= 0.6 is 10.8 Å². The maximum absolute atomic E-state index is 10.4. The summed E-state index contributed by atoms with van der Waals surface area (Å²) in [7, 11) is -3.54. The Hall–Kier alpha value is 1.26. The molecule has 0 saturated carbocycles. The van der Waals surface area contributed by atoms with Crippen molar-refractivity contribution in [2.24, 2.45) is 0 Å². The van der Waals surface area contributed by atoms with Crippen molar-refractivity contribution < 1.29 is 42.5 Å². The van der Waals surface area contributed by atoms with Crippen LogP contribution in [0.15, 0.2) is 0 Å². The molecular formula is C18H37NaO3S2. The van der Waals surface area contributed by atoms with Crippen LogP contribution < -0.4 is 29.6 Å². The van der Waals surface area contributed by atoms with E-state index in [1.807, 2.05) is 0 Å². The largest absolute Gasteiger partial charge is 1.00 e. The van der Waals surface area contributed by atoms with Gasteiger partial charge in [-0.2, -0.15) is 0 Å². The number of hydrogen-bond acceptors (Lipinski definition) is 4. The first-order valence-corrected chi connectivity index (χ1v) is 12.6. The summed E-state index contributed by atoms with van der Waals surface area (Å²) in [6.07, 6.45) is 20.9. The summed E-state index contributed by atoms with van der Waals surface area (Å²) in [6.45, 7) is 2.26. The molecule has 140 valence electrons. The summed E-state index contributed by atoms with van der Waals surface area (Å²) >= 11 is 0. The van der Waals surface area contributed by atoms with Gasteiger partial charge in [0.05, 0.1) is 0 Å². The third-order valence-electron chi connectivity index (χ3n) is 4.23. The van der Waals surface area contributed by atoms with Gasteiger partial charge in [-0.15, -0.1) is 0 Å². The molecule has 0 rings (SSSR count). The van der Waals surface area contributed by atoms with Gasteiger partial charge < -0.3 is 4.55 Å². The SMILES string of the molecule is CCCCCCCCCCCCCCCCCCSS(=O)(=O)[O-].[Na+]. The summed E-state index contributed by atoms with van der Waals surface area (Å²) < 4.78 is 31.2. The average Bonchev–Trinajstić information content (AvgIpc) is 2.49. The first-order chi connectivity index (χ1) is 11.1. The molecule has 0 amide bonds. The fourth-order valence-electron chi connectivity index (χ4n) is 2.81. The Morgan fingerprint density at radius 1 is 0.625 bits per heavy atom. The summed E-state index contributed by atoms with van der Waals surface area (Å²) in [5.41, 5.74) is 0. The Bertz CT molecular complexity index is 335. The van der Waals surface area contributed by atoms with Gasteiger partial charge >= 0.3 is 29.6 Å². The van der Waals surface area contributed by atoms with E-state index in [0.29, 0.717) is 16.5 Å². The summed E-state index contributed by atoms with van der Waals surface area (Å²) in [5, 5.41) is 0. The van der Waals surface area contributed by atoms with Crippen molar-refractivity contribution in [3.8, 4) is 0 Å². The van der Waals surface area contributed by atoms with Crippen LogP contribution in [0.3, 0.4) is 0 Å². The third-order valence-corrected chi connectivity index (χ3v) is 6.34. The minimum absolute atomic E-state index is 0. The Morgan fingerprint density at radius 2 is 0.917 bits per heavy atom. The van der Waals surface area contributed by atoms with Gasteiger partial charge in [0.2, 0.25) is 0 Å². The van der Waals surface area contributed by atoms with E-state index in [2.05, 4.69) is 6.92 Å². The molecule has 0 aromatic heterocycles. The number of hydrogen-bond donors (Lipinski definition) is 0. The smallest absolute Gasteiger partial charge is 0.739 e. The van der Waals surface area contributed by atoms with Gasteiger partial charge in [0.1, 0.15) is 9.15 Å². The van der Waals surface area contributed by atoms with Crippen molar-refractivity contribution in [1.82, 2.24) is 0 Å². The summed E-state index contributed by atoms with van der Waals surface area (Å²) in [5.74, 6) is 0.449. The van der Waals surface area contributed by atoms with Crippen molar-refractivity contribution in [1.29, 1.82) is 0 Å². The maximum Gasteiger partial charge on any atom is 1.00 e. The fraction of sp³-hybridized carbons (Fsp3) is 1.00. The topological polar surface area (TPSA) is 57.2 Å². The van der Waals surface area contributed by atoms with Crippen molar-refractivity contribution in [3.63, 3.8) is 0 Å². The summed E-state index contributed by atoms with van der Waals surface area (Å²) in [6, 6.07) is 0. The van der Waals surface area contributed by atoms with Crippen LogP contribution in [0.1, 0.15) is 110 Å². The van der Waals surface area contributed by atoms with Crippen LogP contribution in [0.25, 0.3) is 0 Å². The van der Waals surface area contributed by atoms with E-state index in [1.54, 1.807) is 0 Å². The van der Waals surface area contributed by atoms with E-state index in [9.17, 15) is 13.0 Å². The zero-order chi connectivity index (χ0) is 17.2. The van der Waals surface area contributed by atoms with Gasteiger partial charge in [-0.1, -0.05) is 103 Å². The molecule has 0 saturated heterocycles. The van der Waals surface area contributed by atoms with Crippen LogP contribution in [0.2, 0.25) is 0 Å². The quantitative estimate of drug-likeness (QED) is 0.156. The molecule has 0 fully saturated rings. The maximum atomic E-state index is 10.4. The molecule has 0 bridgehead atoms. The molecule has 0 aliphatic carbocycles. The third kappa shape index (κ3) is 25.5. The first kappa shape index (κ1) is 27.5. The summed E-state index contributed by atoms with van der Waals surface area (Å²) in [4.78, 5) is 0. The van der Waals surface area contributed by atoms with Crippen molar-refractivity contribution >= 4 is 19.9 Å². The molecule has 0 aromatic carbocycles. The standard InChI is InChI=1S/C18H38O3S2.Na/c1-2-3-4-5-6-7-8-9-10-11-12-13-14-15-16-17-18-22-23(19,20)21;/h2-18H2,1H3,(H,19,20,21);/q;+1/p-1. The minimum Gasteiger partial charge on any atom is -0.739 e. The van der Waals surface area contributed by atoms with Crippen molar-refractivity contribution in [2.45, 2.75) is 110 Å². The molecule has 0 aliphatic heterocycles. The molecule has 24 heavy (non-hydrogen) atoms. The van der Waals surface area contributed by atoms with Crippen LogP contribution in [0, 0.1) is 0 Å². The van der Waals surface area contributed by atoms with E-state index >= 15 is 0 Å². The van der Waals surface area contributed by atoms with Crippen LogP contribution in [0.4, 0.5) is 0 Å². The predicted octanol–water partition coefficient (Wildman–Crippen LogP) is 3.45. The average molecular weight is 389 g/mol. The van der Waals surface area contributed by atoms with E-state index in [4.69, 9.17) is 0 Å². The second kappa shape index (κ2) is 20.6. The molecule has 0 atom stereocenters. The van der Waals surface area contributed by atoms with Gasteiger partial charge in [0.25, 0.3) is 0 Å². The van der Waals surface area contributed by atoms with E-state index in [0.717, 1.165) is 19.3 Å².